The molecule has 13 aromatic rings. The molecule has 1 heterocycles. The first-order chi connectivity index (χ1) is 33.7. The maximum atomic E-state index is 2.48. The van der Waals surface area contributed by atoms with Crippen LogP contribution >= 0.6 is 0 Å². The van der Waals surface area contributed by atoms with Crippen LogP contribution in [0.25, 0.3) is 127 Å². The van der Waals surface area contributed by atoms with Gasteiger partial charge in [-0.2, -0.15) is 0 Å². The minimum Gasteiger partial charge on any atom is -0.309 e. The van der Waals surface area contributed by atoms with E-state index in [1.165, 1.54) is 138 Å². The van der Waals surface area contributed by atoms with Crippen molar-refractivity contribution in [2.75, 3.05) is 0 Å². The van der Waals surface area contributed by atoms with Crippen LogP contribution in [0.5, 0.6) is 0 Å². The Hall–Kier alpha value is -8.78. The highest BCUT2D eigenvalue weighted by molar-refractivity contribution is 6.12. The number of benzene rings is 12. The van der Waals surface area contributed by atoms with Crippen molar-refractivity contribution >= 4 is 54.1 Å². The summed E-state index contributed by atoms with van der Waals surface area (Å²) < 4.78 is 2.48. The second kappa shape index (κ2) is 15.4. The monoisotopic (exact) mass is 861 g/mol. The third-order valence-corrected chi connectivity index (χ3v) is 14.6. The van der Waals surface area contributed by atoms with Gasteiger partial charge < -0.3 is 4.57 Å². The molecule has 12 aromatic carbocycles. The molecule has 0 saturated heterocycles. The fraction of sp³-hybridized carbons (Fsp3) is 0.0149. The van der Waals surface area contributed by atoms with Gasteiger partial charge in [0.15, 0.2) is 0 Å². The molecule has 1 heteroatoms. The van der Waals surface area contributed by atoms with Crippen molar-refractivity contribution < 1.29 is 0 Å². The first-order valence-electron chi connectivity index (χ1n) is 23.7. The van der Waals surface area contributed by atoms with Crippen LogP contribution in [0, 0.1) is 0 Å². The lowest BCUT2D eigenvalue weighted by Crippen LogP contribution is -1.95. The van der Waals surface area contributed by atoms with Crippen molar-refractivity contribution in [2.24, 2.45) is 0 Å². The highest BCUT2D eigenvalue weighted by Crippen LogP contribution is 2.43. The second-order valence-corrected chi connectivity index (χ2v) is 18.4. The molecule has 0 amide bonds. The molecule has 1 aliphatic carbocycles. The predicted octanol–water partition coefficient (Wildman–Crippen LogP) is 18.1. The van der Waals surface area contributed by atoms with Crippen molar-refractivity contribution in [3.63, 3.8) is 0 Å². The van der Waals surface area contributed by atoms with E-state index in [9.17, 15) is 0 Å². The molecule has 0 unspecified atom stereocenters. The van der Waals surface area contributed by atoms with Crippen molar-refractivity contribution in [3.05, 3.63) is 260 Å². The molecule has 0 N–H and O–H groups in total. The quantitative estimate of drug-likeness (QED) is 0.157. The van der Waals surface area contributed by atoms with Gasteiger partial charge in [-0.15, -0.1) is 0 Å². The zero-order valence-corrected chi connectivity index (χ0v) is 37.3. The third-order valence-electron chi connectivity index (χ3n) is 14.6. The summed E-state index contributed by atoms with van der Waals surface area (Å²) in [5.41, 5.74) is 21.4. The van der Waals surface area contributed by atoms with Crippen LogP contribution in [0.4, 0.5) is 0 Å². The summed E-state index contributed by atoms with van der Waals surface area (Å²) in [5.74, 6) is 0. The molecule has 0 saturated carbocycles. The Morgan fingerprint density at radius 3 is 1.12 bits per heavy atom. The SMILES string of the molecule is c1ccc2c(-c3ccc(-c4ccc5c(c4)c4cc(-c6ccc(-c7cccc8ccccc78)cc6)ccc4n5-c4ccc5c(c4)Cc4cc(-c6cccc7ccccc67)ccc4-5)cc3)cccc2c1. The molecule has 14 rings (SSSR count). The van der Waals surface area contributed by atoms with Crippen molar-refractivity contribution in [2.45, 2.75) is 6.42 Å². The fourth-order valence-corrected chi connectivity index (χ4v) is 11.3. The molecule has 1 nitrogen and oxygen atoms in total. The van der Waals surface area contributed by atoms with Crippen molar-refractivity contribution in [3.8, 4) is 72.4 Å². The Balaban J connectivity index is 0.871. The van der Waals surface area contributed by atoms with Crippen LogP contribution in [-0.2, 0) is 6.42 Å². The Labute approximate surface area is 395 Å². The number of rotatable bonds is 6. The molecule has 1 aliphatic rings. The van der Waals surface area contributed by atoms with Crippen LogP contribution in [-0.4, -0.2) is 4.57 Å². The molecule has 316 valence electrons. The largest absolute Gasteiger partial charge is 0.309 e. The maximum Gasteiger partial charge on any atom is 0.0541 e. The van der Waals surface area contributed by atoms with Gasteiger partial charge in [0.05, 0.1) is 11.0 Å². The average Bonchev–Trinajstić information content (AvgIpc) is 3.94. The van der Waals surface area contributed by atoms with Gasteiger partial charge in [0.25, 0.3) is 0 Å². The van der Waals surface area contributed by atoms with Gasteiger partial charge in [-0.25, -0.2) is 0 Å². The van der Waals surface area contributed by atoms with Gasteiger partial charge in [-0.1, -0.05) is 212 Å². The minimum absolute atomic E-state index is 0.909. The average molecular weight is 862 g/mol. The fourth-order valence-electron chi connectivity index (χ4n) is 11.3. The van der Waals surface area contributed by atoms with E-state index >= 15 is 0 Å². The highest BCUT2D eigenvalue weighted by Gasteiger charge is 2.22. The summed E-state index contributed by atoms with van der Waals surface area (Å²) in [6.07, 6.45) is 0.909. The van der Waals surface area contributed by atoms with Crippen molar-refractivity contribution in [1.29, 1.82) is 0 Å². The van der Waals surface area contributed by atoms with Gasteiger partial charge in [0.2, 0.25) is 0 Å². The second-order valence-electron chi connectivity index (χ2n) is 18.4. The number of hydrogen-bond acceptors (Lipinski definition) is 0. The molecule has 0 aliphatic heterocycles. The van der Waals surface area contributed by atoms with E-state index < -0.39 is 0 Å². The topological polar surface area (TPSA) is 4.93 Å². The summed E-state index contributed by atoms with van der Waals surface area (Å²) in [6.45, 7) is 0. The molecule has 0 radical (unpaired) electrons. The molecule has 1 aromatic heterocycles. The van der Waals surface area contributed by atoms with Crippen LogP contribution in [0.2, 0.25) is 0 Å². The lowest BCUT2D eigenvalue weighted by atomic mass is 9.95. The lowest BCUT2D eigenvalue weighted by molar-refractivity contribution is 1.16. The minimum atomic E-state index is 0.909. The number of hydrogen-bond donors (Lipinski definition) is 0. The summed E-state index contributed by atoms with van der Waals surface area (Å²) >= 11 is 0. The summed E-state index contributed by atoms with van der Waals surface area (Å²) in [5, 5.41) is 10.1. The first kappa shape index (κ1) is 38.5. The summed E-state index contributed by atoms with van der Waals surface area (Å²) in [4.78, 5) is 0. The maximum absolute atomic E-state index is 2.48. The third kappa shape index (κ3) is 6.24. The number of aromatic nitrogens is 1. The normalized spacial score (nSPS) is 12.1. The van der Waals surface area contributed by atoms with Crippen LogP contribution in [0.3, 0.4) is 0 Å². The van der Waals surface area contributed by atoms with Gasteiger partial charge in [0.1, 0.15) is 0 Å². The molecule has 0 bridgehead atoms. The van der Waals surface area contributed by atoms with Crippen LogP contribution in [0.1, 0.15) is 11.1 Å². The molecule has 0 atom stereocenters. The Morgan fingerprint density at radius 2 is 0.618 bits per heavy atom. The van der Waals surface area contributed by atoms with Gasteiger partial charge in [-0.05, 0) is 153 Å². The zero-order chi connectivity index (χ0) is 44.7. The van der Waals surface area contributed by atoms with E-state index in [4.69, 9.17) is 0 Å². The van der Waals surface area contributed by atoms with Gasteiger partial charge >= 0.3 is 0 Å². The summed E-state index contributed by atoms with van der Waals surface area (Å²) in [7, 11) is 0. The van der Waals surface area contributed by atoms with E-state index in [0.29, 0.717) is 0 Å². The number of fused-ring (bicyclic) bond motifs is 9. The number of nitrogens with zero attached hydrogens (tertiary/aromatic N) is 1. The van der Waals surface area contributed by atoms with Gasteiger partial charge in [0, 0.05) is 16.5 Å². The van der Waals surface area contributed by atoms with Crippen LogP contribution in [0.15, 0.2) is 249 Å². The first-order valence-corrected chi connectivity index (χ1v) is 23.7. The predicted molar refractivity (Wildman–Crippen MR) is 289 cm³/mol. The van der Waals surface area contributed by atoms with Crippen LogP contribution < -0.4 is 0 Å². The van der Waals surface area contributed by atoms with Gasteiger partial charge in [-0.3, -0.25) is 0 Å². The molecular formula is C67H43N. The summed E-state index contributed by atoms with van der Waals surface area (Å²) in [6, 6.07) is 92.3. The molecule has 68 heavy (non-hydrogen) atoms. The standard InChI is InChI=1S/C67H43N/c1-4-16-56-45(10-1)13-7-19-59(56)48-26-22-43(23-27-48)50-31-36-66-64(41-50)65-42-51(44-24-28-49(29-25-44)60-20-8-14-46-11-2-5-17-57(46)60)32-37-67(65)68(66)55-33-35-63-54(40-55)39-53-38-52(30-34-62(53)63)61-21-9-15-47-12-3-6-18-58(47)61/h1-38,40-42H,39H2. The smallest absolute Gasteiger partial charge is 0.0541 e. The molecular weight excluding hydrogens is 819 g/mol. The van der Waals surface area contributed by atoms with E-state index in [2.05, 4.69) is 253 Å². The Morgan fingerprint density at radius 1 is 0.235 bits per heavy atom. The van der Waals surface area contributed by atoms with E-state index in [-0.39, 0.29) is 0 Å². The lowest BCUT2D eigenvalue weighted by Gasteiger charge is -2.12. The molecule has 0 fully saturated rings. The van der Waals surface area contributed by atoms with E-state index in [1.807, 2.05) is 0 Å². The van der Waals surface area contributed by atoms with E-state index in [1.54, 1.807) is 0 Å². The zero-order valence-electron chi connectivity index (χ0n) is 37.3. The highest BCUT2D eigenvalue weighted by atomic mass is 15.0. The van der Waals surface area contributed by atoms with Crippen molar-refractivity contribution in [1.82, 2.24) is 4.57 Å². The Kier molecular flexibility index (Phi) is 8.72. The molecule has 0 spiro atoms. The Bertz CT molecular complexity index is 3950. The van der Waals surface area contributed by atoms with E-state index in [0.717, 1.165) is 6.42 Å².